The summed E-state index contributed by atoms with van der Waals surface area (Å²) in [5.74, 6) is 0.941. The first kappa shape index (κ1) is 28.0. The molecule has 1 saturated carbocycles. The lowest BCUT2D eigenvalue weighted by molar-refractivity contribution is -0.000347. The lowest BCUT2D eigenvalue weighted by Crippen LogP contribution is -2.35. The van der Waals surface area contributed by atoms with E-state index >= 15 is 0 Å². The third kappa shape index (κ3) is 5.17. The molecular formula is C38H31NO4S. The molecule has 0 atom stereocenters. The predicted molar refractivity (Wildman–Crippen MR) is 174 cm³/mol. The smallest absolute Gasteiger partial charge is 0.348 e. The number of aromatic nitrogens is 1. The Labute approximate surface area is 260 Å². The molecule has 0 aliphatic heterocycles. The molecule has 6 aromatic rings. The van der Waals surface area contributed by atoms with Gasteiger partial charge >= 0.3 is 5.97 Å². The summed E-state index contributed by atoms with van der Waals surface area (Å²) >= 11 is 1.34. The fraction of sp³-hybridized carbons (Fsp3) is 0.158. The molecule has 44 heavy (non-hydrogen) atoms. The number of nitrogens with zero attached hydrogens (tertiary/aromatic N) is 1. The second-order valence-electron chi connectivity index (χ2n) is 11.1. The number of hydrogen-bond acceptors (Lipinski definition) is 6. The Kier molecular flexibility index (Phi) is 7.46. The van der Waals surface area contributed by atoms with E-state index in [2.05, 4.69) is 89.9 Å². The molecule has 0 amide bonds. The summed E-state index contributed by atoms with van der Waals surface area (Å²) in [6.45, 7) is 0.570. The third-order valence-corrected chi connectivity index (χ3v) is 9.50. The maximum atomic E-state index is 12.1. The Hall–Kier alpha value is -4.78. The van der Waals surface area contributed by atoms with E-state index in [1.54, 1.807) is 18.5 Å². The highest BCUT2D eigenvalue weighted by atomic mass is 32.1. The van der Waals surface area contributed by atoms with E-state index in [1.165, 1.54) is 24.0 Å². The fourth-order valence-electron chi connectivity index (χ4n) is 5.90. The van der Waals surface area contributed by atoms with Crippen molar-refractivity contribution in [1.82, 2.24) is 4.98 Å². The quantitative estimate of drug-likeness (QED) is 0.117. The SMILES string of the molecule is COC(=O)c1cc2c(Oc3ccc(C4(COC(c5ccccc5)(c5ccccc5)c5ccccc5)CC4)cc3)cncc2s1. The van der Waals surface area contributed by atoms with Crippen LogP contribution in [0.2, 0.25) is 0 Å². The number of methoxy groups -OCH3 is 1. The van der Waals surface area contributed by atoms with E-state index in [-0.39, 0.29) is 11.4 Å². The number of benzene rings is 4. The van der Waals surface area contributed by atoms with E-state index in [1.807, 2.05) is 30.3 Å². The summed E-state index contributed by atoms with van der Waals surface area (Å²) in [5.41, 5.74) is 3.70. The molecule has 0 N–H and O–H groups in total. The first-order chi connectivity index (χ1) is 21.6. The number of esters is 1. The van der Waals surface area contributed by atoms with Crippen LogP contribution < -0.4 is 4.74 Å². The highest BCUT2D eigenvalue weighted by Crippen LogP contribution is 2.51. The van der Waals surface area contributed by atoms with Gasteiger partial charge in [0.25, 0.3) is 0 Å². The van der Waals surface area contributed by atoms with Crippen molar-refractivity contribution in [3.8, 4) is 11.5 Å². The highest BCUT2D eigenvalue weighted by molar-refractivity contribution is 7.20. The second kappa shape index (κ2) is 11.7. The Morgan fingerprint density at radius 3 is 1.89 bits per heavy atom. The van der Waals surface area contributed by atoms with Gasteiger partial charge in [0, 0.05) is 17.0 Å². The zero-order valence-corrected chi connectivity index (χ0v) is 25.1. The van der Waals surface area contributed by atoms with Gasteiger partial charge in [0.15, 0.2) is 5.75 Å². The van der Waals surface area contributed by atoms with Crippen molar-refractivity contribution < 1.29 is 19.0 Å². The van der Waals surface area contributed by atoms with Crippen molar-refractivity contribution in [1.29, 1.82) is 0 Å². The molecular weight excluding hydrogens is 566 g/mol. The van der Waals surface area contributed by atoms with Gasteiger partial charge in [-0.3, -0.25) is 4.98 Å². The van der Waals surface area contributed by atoms with Gasteiger partial charge in [-0.15, -0.1) is 11.3 Å². The van der Waals surface area contributed by atoms with Crippen LogP contribution in [0.25, 0.3) is 10.1 Å². The van der Waals surface area contributed by atoms with Crippen molar-refractivity contribution >= 4 is 27.4 Å². The predicted octanol–water partition coefficient (Wildman–Crippen LogP) is 8.92. The van der Waals surface area contributed by atoms with Gasteiger partial charge in [0.05, 0.1) is 24.6 Å². The topological polar surface area (TPSA) is 57.7 Å². The average molecular weight is 598 g/mol. The average Bonchev–Trinajstić information content (AvgIpc) is 3.75. The maximum absolute atomic E-state index is 12.1. The molecule has 2 heterocycles. The van der Waals surface area contributed by atoms with E-state index in [0.29, 0.717) is 23.0 Å². The number of pyridine rings is 1. The molecule has 1 aliphatic carbocycles. The van der Waals surface area contributed by atoms with Crippen LogP contribution in [0.5, 0.6) is 11.5 Å². The molecule has 6 heteroatoms. The molecule has 0 spiro atoms. The first-order valence-corrected chi connectivity index (χ1v) is 15.5. The van der Waals surface area contributed by atoms with Crippen LogP contribution in [-0.2, 0) is 20.5 Å². The minimum atomic E-state index is -0.752. The second-order valence-corrected chi connectivity index (χ2v) is 12.2. The molecule has 0 saturated heterocycles. The molecule has 0 unspecified atom stereocenters. The highest BCUT2D eigenvalue weighted by Gasteiger charge is 2.48. The molecule has 218 valence electrons. The van der Waals surface area contributed by atoms with Crippen molar-refractivity contribution in [2.24, 2.45) is 0 Å². The molecule has 7 rings (SSSR count). The summed E-state index contributed by atoms with van der Waals surface area (Å²) in [4.78, 5) is 16.9. The Balaban J connectivity index is 1.17. The zero-order valence-electron chi connectivity index (χ0n) is 24.3. The number of carbonyl (C=O) groups excluding carboxylic acids is 1. The zero-order chi connectivity index (χ0) is 30.0. The Morgan fingerprint density at radius 1 is 0.795 bits per heavy atom. The van der Waals surface area contributed by atoms with Crippen LogP contribution in [0.3, 0.4) is 0 Å². The van der Waals surface area contributed by atoms with Gasteiger partial charge in [-0.05, 0) is 53.3 Å². The van der Waals surface area contributed by atoms with Crippen LogP contribution in [0.1, 0.15) is 44.8 Å². The maximum Gasteiger partial charge on any atom is 0.348 e. The normalized spacial score (nSPS) is 13.8. The summed E-state index contributed by atoms with van der Waals surface area (Å²) in [6.07, 6.45) is 5.52. The lowest BCUT2D eigenvalue weighted by atomic mass is 9.80. The van der Waals surface area contributed by atoms with Crippen molar-refractivity contribution in [3.05, 3.63) is 161 Å². The van der Waals surface area contributed by atoms with Gasteiger partial charge in [-0.25, -0.2) is 4.79 Å². The van der Waals surface area contributed by atoms with Gasteiger partial charge in [-0.2, -0.15) is 0 Å². The number of ether oxygens (including phenoxy) is 3. The van der Waals surface area contributed by atoms with Crippen molar-refractivity contribution in [2.75, 3.05) is 13.7 Å². The Bertz CT molecular complexity index is 1790. The summed E-state index contributed by atoms with van der Waals surface area (Å²) in [7, 11) is 1.38. The minimum Gasteiger partial charge on any atom is -0.465 e. The van der Waals surface area contributed by atoms with Crippen LogP contribution in [0.4, 0.5) is 0 Å². The van der Waals surface area contributed by atoms with Crippen LogP contribution in [-0.4, -0.2) is 24.7 Å². The van der Waals surface area contributed by atoms with E-state index in [0.717, 1.165) is 39.6 Å². The first-order valence-electron chi connectivity index (χ1n) is 14.7. The molecule has 0 bridgehead atoms. The number of thiophene rings is 1. The van der Waals surface area contributed by atoms with Crippen LogP contribution >= 0.6 is 11.3 Å². The third-order valence-electron chi connectivity index (χ3n) is 8.45. The van der Waals surface area contributed by atoms with Gasteiger partial charge in [0.1, 0.15) is 16.2 Å². The molecule has 1 aliphatic rings. The fourth-order valence-corrected chi connectivity index (χ4v) is 6.87. The molecule has 2 aromatic heterocycles. The minimum absolute atomic E-state index is 0.0769. The van der Waals surface area contributed by atoms with Gasteiger partial charge < -0.3 is 14.2 Å². The Morgan fingerprint density at radius 2 is 1.36 bits per heavy atom. The van der Waals surface area contributed by atoms with Crippen molar-refractivity contribution in [3.63, 3.8) is 0 Å². The monoisotopic (exact) mass is 597 g/mol. The largest absolute Gasteiger partial charge is 0.465 e. The lowest BCUT2D eigenvalue weighted by Gasteiger charge is -2.37. The number of carbonyl (C=O) groups is 1. The molecule has 5 nitrogen and oxygen atoms in total. The van der Waals surface area contributed by atoms with E-state index in [9.17, 15) is 4.79 Å². The van der Waals surface area contributed by atoms with Crippen LogP contribution in [0, 0.1) is 0 Å². The van der Waals surface area contributed by atoms with E-state index in [4.69, 9.17) is 14.2 Å². The standard InChI is InChI=1S/C38H31NO4S/c1-41-36(40)34-23-32-33(24-39-25-35(32)44-34)43-31-19-17-27(18-20-31)37(21-22-37)26-42-38(28-11-5-2-6-12-28,29-13-7-3-8-14-29)30-15-9-4-10-16-30/h2-20,23-25H,21-22,26H2,1H3. The van der Waals surface area contributed by atoms with Crippen molar-refractivity contribution in [2.45, 2.75) is 23.9 Å². The molecule has 0 radical (unpaired) electrons. The van der Waals surface area contributed by atoms with Gasteiger partial charge in [0.2, 0.25) is 0 Å². The number of hydrogen-bond donors (Lipinski definition) is 0. The number of fused-ring (bicyclic) bond motifs is 1. The van der Waals surface area contributed by atoms with E-state index < -0.39 is 5.60 Å². The van der Waals surface area contributed by atoms with Gasteiger partial charge in [-0.1, -0.05) is 103 Å². The summed E-state index contributed by atoms with van der Waals surface area (Å²) in [5, 5.41) is 0.834. The summed E-state index contributed by atoms with van der Waals surface area (Å²) < 4.78 is 19.2. The number of rotatable bonds is 10. The van der Waals surface area contributed by atoms with Crippen LogP contribution in [0.15, 0.2) is 134 Å². The molecule has 4 aromatic carbocycles. The molecule has 1 fully saturated rings. The summed E-state index contributed by atoms with van der Waals surface area (Å²) in [6, 6.07) is 41.6.